The summed E-state index contributed by atoms with van der Waals surface area (Å²) < 4.78 is 117. The Balaban J connectivity index is 0.000000457. The molecule has 4 aromatic carbocycles. The molecule has 0 N–H and O–H groups in total. The van der Waals surface area contributed by atoms with Crippen molar-refractivity contribution in [3.8, 4) is 0 Å². The molecule has 0 fully saturated rings. The second kappa shape index (κ2) is 23.0. The van der Waals surface area contributed by atoms with E-state index in [-0.39, 0.29) is 35.3 Å². The Labute approximate surface area is 305 Å². The molecule has 51 heavy (non-hydrogen) atoms. The fourth-order valence-corrected chi connectivity index (χ4v) is 10.1. The minimum Gasteiger partial charge on any atom is -0.418 e. The van der Waals surface area contributed by atoms with Gasteiger partial charge in [0.25, 0.3) is 0 Å². The van der Waals surface area contributed by atoms with Gasteiger partial charge in [-0.05, 0) is 67.6 Å². The van der Waals surface area contributed by atoms with E-state index in [0.29, 0.717) is 0 Å². The van der Waals surface area contributed by atoms with E-state index in [4.69, 9.17) is 0 Å². The number of rotatable bonds is 7. The molecule has 0 saturated heterocycles. The van der Waals surface area contributed by atoms with Crippen LogP contribution in [0.4, 0.5) is 51.8 Å². The van der Waals surface area contributed by atoms with E-state index in [1.54, 1.807) is 0 Å². The maximum absolute atomic E-state index is 9.75. The molecule has 0 amide bonds. The first-order chi connectivity index (χ1) is 23.4. The smallest absolute Gasteiger partial charge is 0.418 e. The maximum Gasteiger partial charge on any atom is 3.00 e. The summed E-state index contributed by atoms with van der Waals surface area (Å²) in [5.41, 5.74) is 0. The Kier molecular flexibility index (Phi) is 20.8. The monoisotopic (exact) mass is 854 g/mol. The zero-order chi connectivity index (χ0) is 37.2. The van der Waals surface area contributed by atoms with Crippen molar-refractivity contribution in [1.29, 1.82) is 0 Å². The molecule has 0 radical (unpaired) electrons. The first kappa shape index (κ1) is 46.2. The molecule has 4 aromatic rings. The van der Waals surface area contributed by atoms with Crippen LogP contribution >= 0.6 is 15.8 Å². The zero-order valence-corrected chi connectivity index (χ0v) is 30.1. The zero-order valence-electron chi connectivity index (χ0n) is 26.6. The quantitative estimate of drug-likeness (QED) is 0.0752. The molecule has 0 atom stereocenters. The van der Waals surface area contributed by atoms with Gasteiger partial charge in [-0.2, -0.15) is 0 Å². The fraction of sp³-hybridized carbons (Fsp3) is 0.152. The van der Waals surface area contributed by atoms with Crippen LogP contribution in [0.15, 0.2) is 146 Å². The molecule has 0 unspecified atom stereocenters. The van der Waals surface area contributed by atoms with Crippen LogP contribution < -0.4 is 21.2 Å². The molecule has 6 rings (SSSR count). The molecular weight excluding hydrogens is 822 g/mol. The minimum absolute atomic E-state index is 0. The SMILES string of the molecule is C1=CC2C=CC1C2.F[B-](F)(F)F.F[B-](F)(F)F.F[B-](F)(F)F.[Rh+3].c1ccc(P(CCP(c2ccccc2)c2ccccc2)c2ccccc2)cc1. The number of halogens is 12. The third-order valence-electron chi connectivity index (χ3n) is 6.57. The van der Waals surface area contributed by atoms with Crippen LogP contribution in [0.3, 0.4) is 0 Å². The van der Waals surface area contributed by atoms with Crippen LogP contribution in [0, 0.1) is 11.8 Å². The van der Waals surface area contributed by atoms with E-state index in [9.17, 15) is 51.8 Å². The van der Waals surface area contributed by atoms with Gasteiger partial charge in [-0.15, -0.1) is 0 Å². The summed E-state index contributed by atoms with van der Waals surface area (Å²) in [7, 11) is -18.7. The number of benzene rings is 4. The molecule has 0 heterocycles. The standard InChI is InChI=1S/C26H24P2.C7H8.3BF4.Rh/c1-5-13-23(14-6-1)27(24-15-7-2-8-16-24)21-22-28(25-17-9-3-10-18-25)26-19-11-4-12-20-26;1-2-7-4-3-6(1)5-7;3*2-1(3,4)5;/h1-20H,21-22H2;1-4,6-7H,5H2;;;;/q;;3*-1;+3. The summed E-state index contributed by atoms with van der Waals surface area (Å²) in [6.07, 6.45) is 13.0. The van der Waals surface area contributed by atoms with E-state index < -0.39 is 21.8 Å². The molecule has 0 saturated carbocycles. The van der Waals surface area contributed by atoms with Gasteiger partial charge in [-0.25, -0.2) is 0 Å². The van der Waals surface area contributed by atoms with Crippen molar-refractivity contribution in [3.05, 3.63) is 146 Å². The third-order valence-corrected chi connectivity index (χ3v) is 12.0. The first-order valence-electron chi connectivity index (χ1n) is 15.1. The van der Waals surface area contributed by atoms with Crippen molar-refractivity contribution in [1.82, 2.24) is 0 Å². The number of hydrogen-bond acceptors (Lipinski definition) is 0. The number of fused-ring (bicyclic) bond motifs is 2. The topological polar surface area (TPSA) is 0 Å². The van der Waals surface area contributed by atoms with Gasteiger partial charge in [0.2, 0.25) is 0 Å². The van der Waals surface area contributed by atoms with E-state index in [1.165, 1.54) is 40.0 Å². The average molecular weight is 854 g/mol. The summed E-state index contributed by atoms with van der Waals surface area (Å²) in [6.45, 7) is 0. The van der Waals surface area contributed by atoms with Crippen molar-refractivity contribution < 1.29 is 71.3 Å². The molecule has 2 aliphatic rings. The summed E-state index contributed by atoms with van der Waals surface area (Å²) in [5, 5.41) is 5.89. The van der Waals surface area contributed by atoms with Crippen molar-refractivity contribution in [3.63, 3.8) is 0 Å². The Hall–Kier alpha value is -2.80. The number of allylic oxidation sites excluding steroid dienone is 4. The van der Waals surface area contributed by atoms with Gasteiger partial charge in [0.15, 0.2) is 0 Å². The van der Waals surface area contributed by atoms with Gasteiger partial charge in [0.1, 0.15) is 0 Å². The molecule has 18 heteroatoms. The molecule has 2 aliphatic carbocycles. The third kappa shape index (κ3) is 23.4. The van der Waals surface area contributed by atoms with Crippen molar-refractivity contribution in [2.75, 3.05) is 12.3 Å². The Morgan fingerprint density at radius 1 is 0.373 bits per heavy atom. The average Bonchev–Trinajstić information content (AvgIpc) is 3.70. The minimum atomic E-state index is -6.00. The van der Waals surface area contributed by atoms with Crippen molar-refractivity contribution >= 4 is 58.8 Å². The van der Waals surface area contributed by atoms with Crippen LogP contribution in [-0.4, -0.2) is 34.1 Å². The van der Waals surface area contributed by atoms with Crippen LogP contribution in [0.1, 0.15) is 6.42 Å². The van der Waals surface area contributed by atoms with Crippen molar-refractivity contribution in [2.24, 2.45) is 11.8 Å². The Morgan fingerprint density at radius 3 is 0.686 bits per heavy atom. The fourth-order valence-electron chi connectivity index (χ4n) is 4.77. The maximum atomic E-state index is 9.75. The van der Waals surface area contributed by atoms with E-state index in [2.05, 4.69) is 146 Å². The van der Waals surface area contributed by atoms with E-state index in [1.807, 2.05) is 0 Å². The summed E-state index contributed by atoms with van der Waals surface area (Å²) in [5.74, 6) is 1.62. The summed E-state index contributed by atoms with van der Waals surface area (Å²) in [4.78, 5) is 0. The van der Waals surface area contributed by atoms with E-state index >= 15 is 0 Å². The van der Waals surface area contributed by atoms with Gasteiger partial charge in [0.05, 0.1) is 0 Å². The Morgan fingerprint density at radius 2 is 0.549 bits per heavy atom. The normalized spacial score (nSPS) is 15.6. The molecule has 0 spiro atoms. The van der Waals surface area contributed by atoms with Gasteiger partial charge in [0, 0.05) is 0 Å². The summed E-state index contributed by atoms with van der Waals surface area (Å²) >= 11 is 0. The number of hydrogen-bond donors (Lipinski definition) is 0. The largest absolute Gasteiger partial charge is 3.00 e. The Bertz CT molecular complexity index is 1310. The molecular formula is C33H32B3F12P2Rh. The molecule has 2 bridgehead atoms. The van der Waals surface area contributed by atoms with Crippen molar-refractivity contribution in [2.45, 2.75) is 6.42 Å². The predicted molar refractivity (Wildman–Crippen MR) is 188 cm³/mol. The van der Waals surface area contributed by atoms with E-state index in [0.717, 1.165) is 11.8 Å². The predicted octanol–water partition coefficient (Wildman–Crippen LogP) is 10.9. The molecule has 0 nitrogen and oxygen atoms in total. The molecule has 276 valence electrons. The van der Waals surface area contributed by atoms with Crippen LogP contribution in [0.5, 0.6) is 0 Å². The molecule has 0 aliphatic heterocycles. The second-order valence-electron chi connectivity index (χ2n) is 10.5. The second-order valence-corrected chi connectivity index (χ2v) is 15.1. The van der Waals surface area contributed by atoms with Crippen LogP contribution in [-0.2, 0) is 19.5 Å². The first-order valence-corrected chi connectivity index (χ1v) is 18.2. The van der Waals surface area contributed by atoms with Gasteiger partial charge < -0.3 is 51.8 Å². The van der Waals surface area contributed by atoms with Gasteiger partial charge >= 0.3 is 41.2 Å². The molecule has 0 aromatic heterocycles. The van der Waals surface area contributed by atoms with Crippen LogP contribution in [0.2, 0.25) is 0 Å². The summed E-state index contributed by atoms with van der Waals surface area (Å²) in [6, 6.07) is 44.2. The van der Waals surface area contributed by atoms with Crippen LogP contribution in [0.25, 0.3) is 0 Å². The van der Waals surface area contributed by atoms with Gasteiger partial charge in [-0.1, -0.05) is 146 Å². The van der Waals surface area contributed by atoms with Gasteiger partial charge in [-0.3, -0.25) is 0 Å².